The molecular formula is C13H18N2O3. The Morgan fingerprint density at radius 2 is 2.00 bits per heavy atom. The molecule has 2 N–H and O–H groups in total. The summed E-state index contributed by atoms with van der Waals surface area (Å²) >= 11 is 0. The summed E-state index contributed by atoms with van der Waals surface area (Å²) in [6, 6.07) is 5.20. The fourth-order valence-corrected chi connectivity index (χ4v) is 2.04. The Hall–Kier alpha value is -1.75. The predicted octanol–water partition coefficient (Wildman–Crippen LogP) is 0.735. The lowest BCUT2D eigenvalue weighted by Gasteiger charge is -2.38. The third kappa shape index (κ3) is 2.26. The standard InChI is InChI=1S/C13H18N2O3/c1-17-11-4-3-10(5-12(11)18-2)13(16)15-7-9(6-14)8-15/h3-5,9H,6-8,14H2,1-2H3. The van der Waals surface area contributed by atoms with E-state index in [1.807, 2.05) is 0 Å². The Morgan fingerprint density at radius 3 is 2.56 bits per heavy atom. The highest BCUT2D eigenvalue weighted by molar-refractivity contribution is 5.95. The lowest BCUT2D eigenvalue weighted by molar-refractivity contribution is 0.0515. The molecule has 1 aromatic carbocycles. The van der Waals surface area contributed by atoms with Crippen LogP contribution in [0.2, 0.25) is 0 Å². The number of carbonyl (C=O) groups excluding carboxylic acids is 1. The fourth-order valence-electron chi connectivity index (χ4n) is 2.04. The van der Waals surface area contributed by atoms with E-state index in [0.717, 1.165) is 13.1 Å². The van der Waals surface area contributed by atoms with Crippen LogP contribution in [-0.2, 0) is 0 Å². The summed E-state index contributed by atoms with van der Waals surface area (Å²) in [5.41, 5.74) is 6.16. The number of carbonyl (C=O) groups is 1. The summed E-state index contributed by atoms with van der Waals surface area (Å²) in [4.78, 5) is 13.9. The van der Waals surface area contributed by atoms with Crippen molar-refractivity contribution in [3.63, 3.8) is 0 Å². The Morgan fingerprint density at radius 1 is 1.33 bits per heavy atom. The van der Waals surface area contributed by atoms with Crippen molar-refractivity contribution in [2.45, 2.75) is 0 Å². The maximum Gasteiger partial charge on any atom is 0.254 e. The van der Waals surface area contributed by atoms with Crippen molar-refractivity contribution in [1.29, 1.82) is 0 Å². The molecule has 0 atom stereocenters. The molecule has 98 valence electrons. The summed E-state index contributed by atoms with van der Waals surface area (Å²) in [6.07, 6.45) is 0. The topological polar surface area (TPSA) is 64.8 Å². The monoisotopic (exact) mass is 250 g/mol. The second-order valence-electron chi connectivity index (χ2n) is 4.38. The van der Waals surface area contributed by atoms with Crippen LogP contribution in [0.15, 0.2) is 18.2 Å². The molecule has 2 rings (SSSR count). The van der Waals surface area contributed by atoms with Gasteiger partial charge in [0.25, 0.3) is 5.91 Å². The normalized spacial score (nSPS) is 15.2. The Balaban J connectivity index is 2.11. The Labute approximate surface area is 106 Å². The van der Waals surface area contributed by atoms with Gasteiger partial charge in [-0.05, 0) is 24.7 Å². The molecule has 1 fully saturated rings. The average Bonchev–Trinajstić information content (AvgIpc) is 2.36. The number of benzene rings is 1. The summed E-state index contributed by atoms with van der Waals surface area (Å²) in [5.74, 6) is 1.64. The highest BCUT2D eigenvalue weighted by Crippen LogP contribution is 2.29. The lowest BCUT2D eigenvalue weighted by atomic mass is 9.99. The van der Waals surface area contributed by atoms with Gasteiger partial charge < -0.3 is 20.1 Å². The van der Waals surface area contributed by atoms with Gasteiger partial charge in [-0.1, -0.05) is 0 Å². The first-order valence-corrected chi connectivity index (χ1v) is 5.91. The first-order chi connectivity index (χ1) is 8.69. The van der Waals surface area contributed by atoms with Gasteiger partial charge in [0, 0.05) is 24.6 Å². The van der Waals surface area contributed by atoms with Gasteiger partial charge in [-0.25, -0.2) is 0 Å². The number of amides is 1. The van der Waals surface area contributed by atoms with E-state index in [4.69, 9.17) is 15.2 Å². The quantitative estimate of drug-likeness (QED) is 0.855. The largest absolute Gasteiger partial charge is 0.493 e. The van der Waals surface area contributed by atoms with Crippen molar-refractivity contribution in [3.05, 3.63) is 23.8 Å². The van der Waals surface area contributed by atoms with Gasteiger partial charge in [0.05, 0.1) is 14.2 Å². The second kappa shape index (κ2) is 5.27. The molecule has 18 heavy (non-hydrogen) atoms. The zero-order valence-corrected chi connectivity index (χ0v) is 10.7. The molecule has 1 aliphatic rings. The van der Waals surface area contributed by atoms with E-state index in [2.05, 4.69) is 0 Å². The van der Waals surface area contributed by atoms with Crippen molar-refractivity contribution in [3.8, 4) is 11.5 Å². The van der Waals surface area contributed by atoms with Gasteiger partial charge in [0.2, 0.25) is 0 Å². The van der Waals surface area contributed by atoms with E-state index >= 15 is 0 Å². The maximum absolute atomic E-state index is 12.1. The number of likely N-dealkylation sites (tertiary alicyclic amines) is 1. The third-order valence-corrected chi connectivity index (χ3v) is 3.21. The molecular weight excluding hydrogens is 232 g/mol. The number of hydrogen-bond acceptors (Lipinski definition) is 4. The molecule has 1 heterocycles. The van der Waals surface area contributed by atoms with Crippen molar-refractivity contribution in [1.82, 2.24) is 4.90 Å². The number of nitrogens with zero attached hydrogens (tertiary/aromatic N) is 1. The van der Waals surface area contributed by atoms with Crippen LogP contribution in [0.5, 0.6) is 11.5 Å². The van der Waals surface area contributed by atoms with Crippen LogP contribution in [-0.4, -0.2) is 44.7 Å². The van der Waals surface area contributed by atoms with E-state index in [1.54, 1.807) is 37.3 Å². The van der Waals surface area contributed by atoms with Crippen molar-refractivity contribution >= 4 is 5.91 Å². The minimum absolute atomic E-state index is 0.0145. The molecule has 5 nitrogen and oxygen atoms in total. The molecule has 0 spiro atoms. The van der Waals surface area contributed by atoms with Crippen molar-refractivity contribution in [2.75, 3.05) is 33.9 Å². The Kier molecular flexibility index (Phi) is 3.72. The second-order valence-corrected chi connectivity index (χ2v) is 4.38. The zero-order valence-electron chi connectivity index (χ0n) is 10.7. The van der Waals surface area contributed by atoms with Gasteiger partial charge in [-0.2, -0.15) is 0 Å². The zero-order chi connectivity index (χ0) is 13.1. The summed E-state index contributed by atoms with van der Waals surface area (Å²) in [5, 5.41) is 0. The average molecular weight is 250 g/mol. The van der Waals surface area contributed by atoms with Crippen molar-refractivity contribution in [2.24, 2.45) is 11.7 Å². The van der Waals surface area contributed by atoms with Crippen LogP contribution in [0.4, 0.5) is 0 Å². The van der Waals surface area contributed by atoms with Gasteiger partial charge in [0.15, 0.2) is 11.5 Å². The first kappa shape index (κ1) is 12.7. The fraction of sp³-hybridized carbons (Fsp3) is 0.462. The van der Waals surface area contributed by atoms with E-state index in [1.165, 1.54) is 0 Å². The van der Waals surface area contributed by atoms with Gasteiger partial charge >= 0.3 is 0 Å². The van der Waals surface area contributed by atoms with Crippen LogP contribution in [0.3, 0.4) is 0 Å². The van der Waals surface area contributed by atoms with Crippen LogP contribution in [0.25, 0.3) is 0 Å². The molecule has 0 bridgehead atoms. The Bertz CT molecular complexity index is 442. The molecule has 1 amide bonds. The number of rotatable bonds is 4. The lowest BCUT2D eigenvalue weighted by Crippen LogP contribution is -2.52. The first-order valence-electron chi connectivity index (χ1n) is 5.91. The van der Waals surface area contributed by atoms with Crippen LogP contribution >= 0.6 is 0 Å². The molecule has 0 aliphatic carbocycles. The van der Waals surface area contributed by atoms with Crippen LogP contribution < -0.4 is 15.2 Å². The van der Waals surface area contributed by atoms with Crippen LogP contribution in [0.1, 0.15) is 10.4 Å². The van der Waals surface area contributed by atoms with E-state index < -0.39 is 0 Å². The molecule has 1 aliphatic heterocycles. The smallest absolute Gasteiger partial charge is 0.254 e. The number of hydrogen-bond donors (Lipinski definition) is 1. The predicted molar refractivity (Wildman–Crippen MR) is 68.0 cm³/mol. The van der Waals surface area contributed by atoms with E-state index in [-0.39, 0.29) is 5.91 Å². The minimum Gasteiger partial charge on any atom is -0.493 e. The van der Waals surface area contributed by atoms with Gasteiger partial charge in [-0.15, -0.1) is 0 Å². The van der Waals surface area contributed by atoms with Crippen LogP contribution in [0, 0.1) is 5.92 Å². The van der Waals surface area contributed by atoms with E-state index in [0.29, 0.717) is 29.5 Å². The van der Waals surface area contributed by atoms with Gasteiger partial charge in [-0.3, -0.25) is 4.79 Å². The molecule has 0 radical (unpaired) electrons. The summed E-state index contributed by atoms with van der Waals surface area (Å²) in [6.45, 7) is 2.11. The molecule has 1 aromatic rings. The highest BCUT2D eigenvalue weighted by Gasteiger charge is 2.30. The molecule has 1 saturated heterocycles. The minimum atomic E-state index is 0.0145. The molecule has 5 heteroatoms. The molecule has 0 unspecified atom stereocenters. The number of nitrogens with two attached hydrogens (primary N) is 1. The van der Waals surface area contributed by atoms with Gasteiger partial charge in [0.1, 0.15) is 0 Å². The number of methoxy groups -OCH3 is 2. The number of ether oxygens (including phenoxy) is 2. The van der Waals surface area contributed by atoms with E-state index in [9.17, 15) is 4.79 Å². The SMILES string of the molecule is COc1ccc(C(=O)N2CC(CN)C2)cc1OC. The maximum atomic E-state index is 12.1. The third-order valence-electron chi connectivity index (χ3n) is 3.21. The summed E-state index contributed by atoms with van der Waals surface area (Å²) in [7, 11) is 3.13. The molecule has 0 aromatic heterocycles. The highest BCUT2D eigenvalue weighted by atomic mass is 16.5. The summed E-state index contributed by atoms with van der Waals surface area (Å²) < 4.78 is 10.3. The van der Waals surface area contributed by atoms with Crippen molar-refractivity contribution < 1.29 is 14.3 Å². The molecule has 0 saturated carbocycles.